The molecule has 0 N–H and O–H groups in total. The molecule has 0 aliphatic heterocycles. The number of azide groups is 2. The number of carbonyl (C=O) groups excluding carboxylic acids is 1. The third-order valence-electron chi connectivity index (χ3n) is 5.58. The third-order valence-corrected chi connectivity index (χ3v) is 5.58. The van der Waals surface area contributed by atoms with Gasteiger partial charge in [-0.05, 0) is 40.9 Å². The lowest BCUT2D eigenvalue weighted by molar-refractivity contribution is -0.113. The molecule has 0 amide bonds. The molecule has 0 bridgehead atoms. The molecule has 1 saturated carbocycles. The van der Waals surface area contributed by atoms with Gasteiger partial charge >= 0.3 is 0 Å². The van der Waals surface area contributed by atoms with Gasteiger partial charge in [0.25, 0.3) is 0 Å². The van der Waals surface area contributed by atoms with E-state index in [1.807, 2.05) is 60.7 Å². The highest BCUT2D eigenvalue weighted by Crippen LogP contribution is 2.33. The molecule has 0 atom stereocenters. The predicted octanol–water partition coefficient (Wildman–Crippen LogP) is 8.93. The molecule has 1 fully saturated rings. The standard InChI is InChI=1S/C27H26N6O/c1-2-5-22-18-23(8-3-6-20-10-14-25(15-11-20)30-32-28)27(34)24(19-22)9-4-7-21-12-16-26(17-13-21)31-33-29/h3-4,6-17,22H,2,5,18-19H2,1H3. The molecule has 2 aromatic carbocycles. The third kappa shape index (κ3) is 7.10. The summed E-state index contributed by atoms with van der Waals surface area (Å²) in [7, 11) is 0. The number of rotatable bonds is 8. The van der Waals surface area contributed by atoms with Gasteiger partial charge in [-0.25, -0.2) is 0 Å². The lowest BCUT2D eigenvalue weighted by atomic mass is 9.79. The minimum Gasteiger partial charge on any atom is -0.289 e. The van der Waals surface area contributed by atoms with Gasteiger partial charge in [0.1, 0.15) is 0 Å². The van der Waals surface area contributed by atoms with Crippen LogP contribution < -0.4 is 0 Å². The molecular weight excluding hydrogens is 424 g/mol. The summed E-state index contributed by atoms with van der Waals surface area (Å²) in [6.07, 6.45) is 15.3. The first-order valence-corrected chi connectivity index (χ1v) is 11.2. The summed E-state index contributed by atoms with van der Waals surface area (Å²) in [6.45, 7) is 2.17. The summed E-state index contributed by atoms with van der Waals surface area (Å²) in [5, 5.41) is 7.14. The first-order valence-electron chi connectivity index (χ1n) is 11.2. The maximum absolute atomic E-state index is 13.1. The Morgan fingerprint density at radius 2 is 1.26 bits per heavy atom. The lowest BCUT2D eigenvalue weighted by Crippen LogP contribution is -2.19. The normalized spacial score (nSPS) is 18.4. The van der Waals surface area contributed by atoms with Gasteiger partial charge in [-0.1, -0.05) is 115 Å². The molecule has 0 spiro atoms. The Bertz CT molecular complexity index is 1130. The van der Waals surface area contributed by atoms with E-state index in [-0.39, 0.29) is 5.78 Å². The molecule has 170 valence electrons. The van der Waals surface area contributed by atoms with Crippen LogP contribution in [0.2, 0.25) is 0 Å². The Morgan fingerprint density at radius 3 is 1.65 bits per heavy atom. The average Bonchev–Trinajstić information content (AvgIpc) is 2.84. The highest BCUT2D eigenvalue weighted by Gasteiger charge is 2.26. The second-order valence-corrected chi connectivity index (χ2v) is 8.06. The molecule has 1 aliphatic carbocycles. The van der Waals surface area contributed by atoms with E-state index in [9.17, 15) is 4.79 Å². The number of hydrogen-bond donors (Lipinski definition) is 0. The van der Waals surface area contributed by atoms with Crippen LogP contribution in [0.4, 0.5) is 11.4 Å². The van der Waals surface area contributed by atoms with Crippen LogP contribution in [0.25, 0.3) is 33.0 Å². The Kier molecular flexibility index (Phi) is 9.06. The highest BCUT2D eigenvalue weighted by atomic mass is 16.1. The summed E-state index contributed by atoms with van der Waals surface area (Å²) in [5.41, 5.74) is 21.7. The monoisotopic (exact) mass is 450 g/mol. The van der Waals surface area contributed by atoms with Crippen molar-refractivity contribution in [1.29, 1.82) is 0 Å². The van der Waals surface area contributed by atoms with Gasteiger partial charge in [0.2, 0.25) is 0 Å². The molecule has 0 heterocycles. The van der Waals surface area contributed by atoms with Crippen molar-refractivity contribution in [3.05, 3.63) is 116 Å². The number of ketones is 1. The van der Waals surface area contributed by atoms with Gasteiger partial charge in [-0.15, -0.1) is 0 Å². The van der Waals surface area contributed by atoms with E-state index in [4.69, 9.17) is 11.1 Å². The zero-order chi connectivity index (χ0) is 24.2. The molecule has 7 heteroatoms. The first kappa shape index (κ1) is 24.3. The van der Waals surface area contributed by atoms with Crippen LogP contribution in [0.15, 0.2) is 94.2 Å². The van der Waals surface area contributed by atoms with Crippen molar-refractivity contribution in [3.8, 4) is 0 Å². The summed E-state index contributed by atoms with van der Waals surface area (Å²) >= 11 is 0. The van der Waals surface area contributed by atoms with Crippen molar-refractivity contribution in [1.82, 2.24) is 0 Å². The van der Waals surface area contributed by atoms with Crippen LogP contribution in [0.1, 0.15) is 43.7 Å². The van der Waals surface area contributed by atoms with E-state index in [1.54, 1.807) is 24.3 Å². The quantitative estimate of drug-likeness (QED) is 0.170. The molecule has 0 saturated heterocycles. The number of benzene rings is 2. The minimum absolute atomic E-state index is 0.0964. The van der Waals surface area contributed by atoms with Gasteiger partial charge in [0.05, 0.1) is 0 Å². The predicted molar refractivity (Wildman–Crippen MR) is 137 cm³/mol. The second kappa shape index (κ2) is 12.7. The number of carbonyl (C=O) groups is 1. The Balaban J connectivity index is 1.75. The van der Waals surface area contributed by atoms with Gasteiger partial charge in [-0.3, -0.25) is 4.79 Å². The Morgan fingerprint density at radius 1 is 0.824 bits per heavy atom. The number of allylic oxidation sites excluding steroid dienone is 6. The van der Waals surface area contributed by atoms with Gasteiger partial charge < -0.3 is 0 Å². The summed E-state index contributed by atoms with van der Waals surface area (Å²) in [4.78, 5) is 18.7. The van der Waals surface area contributed by atoms with Crippen molar-refractivity contribution in [2.75, 3.05) is 0 Å². The Hall–Kier alpha value is -4.31. The fourth-order valence-electron chi connectivity index (χ4n) is 3.94. The van der Waals surface area contributed by atoms with Crippen LogP contribution in [-0.4, -0.2) is 5.78 Å². The smallest absolute Gasteiger partial charge is 0.185 e. The Labute approximate surface area is 199 Å². The highest BCUT2D eigenvalue weighted by molar-refractivity contribution is 6.09. The van der Waals surface area contributed by atoms with E-state index < -0.39 is 0 Å². The lowest BCUT2D eigenvalue weighted by Gasteiger charge is -2.25. The van der Waals surface area contributed by atoms with Gasteiger partial charge in [0.15, 0.2) is 5.78 Å². The topological polar surface area (TPSA) is 115 Å². The molecule has 0 radical (unpaired) electrons. The molecule has 0 unspecified atom stereocenters. The van der Waals surface area contributed by atoms with Crippen LogP contribution in [0.3, 0.4) is 0 Å². The maximum Gasteiger partial charge on any atom is 0.185 e. The molecule has 1 aliphatic rings. The fraction of sp³-hybridized carbons (Fsp3) is 0.222. The van der Waals surface area contributed by atoms with Gasteiger partial charge in [-0.2, -0.15) is 0 Å². The largest absolute Gasteiger partial charge is 0.289 e. The summed E-state index contributed by atoms with van der Waals surface area (Å²) in [6, 6.07) is 14.5. The van der Waals surface area contributed by atoms with E-state index in [0.717, 1.165) is 48.0 Å². The first-order chi connectivity index (χ1) is 16.6. The minimum atomic E-state index is 0.0964. The van der Waals surface area contributed by atoms with Crippen molar-refractivity contribution < 1.29 is 4.79 Å². The van der Waals surface area contributed by atoms with Crippen molar-refractivity contribution in [3.63, 3.8) is 0 Å². The second-order valence-electron chi connectivity index (χ2n) is 8.06. The van der Waals surface area contributed by atoms with E-state index >= 15 is 0 Å². The molecule has 7 nitrogen and oxygen atoms in total. The molecule has 2 aromatic rings. The molecule has 0 aromatic heterocycles. The molecular formula is C27H26N6O. The molecule has 3 rings (SSSR count). The molecule has 34 heavy (non-hydrogen) atoms. The maximum atomic E-state index is 13.1. The van der Waals surface area contributed by atoms with Crippen molar-refractivity contribution >= 4 is 29.3 Å². The average molecular weight is 451 g/mol. The zero-order valence-corrected chi connectivity index (χ0v) is 19.1. The van der Waals surface area contributed by atoms with E-state index in [0.29, 0.717) is 17.3 Å². The van der Waals surface area contributed by atoms with Crippen LogP contribution in [0.5, 0.6) is 0 Å². The zero-order valence-electron chi connectivity index (χ0n) is 19.1. The summed E-state index contributed by atoms with van der Waals surface area (Å²) in [5.74, 6) is 0.548. The summed E-state index contributed by atoms with van der Waals surface area (Å²) < 4.78 is 0. The van der Waals surface area contributed by atoms with Crippen molar-refractivity contribution in [2.24, 2.45) is 16.1 Å². The van der Waals surface area contributed by atoms with E-state index in [1.165, 1.54) is 0 Å². The van der Waals surface area contributed by atoms with Gasteiger partial charge in [0, 0.05) is 32.3 Å². The van der Waals surface area contributed by atoms with Crippen LogP contribution >= 0.6 is 0 Å². The number of nitrogens with zero attached hydrogens (tertiary/aromatic N) is 6. The number of hydrogen-bond acceptors (Lipinski definition) is 3. The van der Waals surface area contributed by atoms with Crippen LogP contribution in [0, 0.1) is 5.92 Å². The number of Topliss-reactive ketones (excluding diaryl/α,β-unsaturated/α-hetero) is 1. The SMILES string of the molecule is CCCC1CC(=CC=Cc2ccc(N=[N+]=[N-])cc2)C(=O)C(=CC=Cc2ccc(N=[N+]=[N-])cc2)C1. The van der Waals surface area contributed by atoms with E-state index in [2.05, 4.69) is 27.0 Å². The fourth-order valence-corrected chi connectivity index (χ4v) is 3.94. The van der Waals surface area contributed by atoms with Crippen LogP contribution in [-0.2, 0) is 4.79 Å². The van der Waals surface area contributed by atoms with Crippen molar-refractivity contribution in [2.45, 2.75) is 32.6 Å².